The van der Waals surface area contributed by atoms with E-state index in [1.54, 1.807) is 4.31 Å². The molecule has 1 aliphatic carbocycles. The van der Waals surface area contributed by atoms with Crippen LogP contribution in [0.5, 0.6) is 5.75 Å². The number of piperidine rings is 1. The smallest absolute Gasteiger partial charge is 0.387 e. The molecule has 2 heterocycles. The van der Waals surface area contributed by atoms with E-state index < -0.39 is 16.6 Å². The predicted octanol–water partition coefficient (Wildman–Crippen LogP) is 2.19. The first-order chi connectivity index (χ1) is 13.4. The number of halogens is 2. The van der Waals surface area contributed by atoms with Crippen LogP contribution in [0.25, 0.3) is 0 Å². The summed E-state index contributed by atoms with van der Waals surface area (Å²) in [5.74, 6) is 0.904. The molecule has 3 fully saturated rings. The second-order valence-electron chi connectivity index (χ2n) is 8.08. The van der Waals surface area contributed by atoms with E-state index in [9.17, 15) is 17.2 Å². The van der Waals surface area contributed by atoms with E-state index >= 15 is 0 Å². The monoisotopic (exact) mass is 416 g/mol. The zero-order chi connectivity index (χ0) is 19.9. The van der Waals surface area contributed by atoms with Crippen LogP contribution in [0.1, 0.15) is 32.1 Å². The van der Waals surface area contributed by atoms with Crippen molar-refractivity contribution in [2.45, 2.75) is 61.7 Å². The number of nitrogens with zero attached hydrogens (tertiary/aromatic N) is 1. The Balaban J connectivity index is 1.40. The molecule has 1 aromatic rings. The lowest BCUT2D eigenvalue weighted by Crippen LogP contribution is -2.51. The summed E-state index contributed by atoms with van der Waals surface area (Å²) in [6.07, 6.45) is 4.31. The number of rotatable bonds is 8. The van der Waals surface area contributed by atoms with Crippen LogP contribution in [0.4, 0.5) is 8.78 Å². The van der Waals surface area contributed by atoms with Gasteiger partial charge in [-0.2, -0.15) is 13.1 Å². The maximum absolute atomic E-state index is 13.1. The maximum Gasteiger partial charge on any atom is 0.387 e. The molecule has 28 heavy (non-hydrogen) atoms. The summed E-state index contributed by atoms with van der Waals surface area (Å²) < 4.78 is 56.8. The summed E-state index contributed by atoms with van der Waals surface area (Å²) in [6, 6.07) is 5.42. The van der Waals surface area contributed by atoms with Gasteiger partial charge in [-0.15, -0.1) is 0 Å². The first kappa shape index (κ1) is 20.0. The molecule has 2 N–H and O–H groups in total. The number of fused-ring (bicyclic) bond motifs is 2. The summed E-state index contributed by atoms with van der Waals surface area (Å²) in [4.78, 5) is 0.112. The van der Waals surface area contributed by atoms with Crippen LogP contribution >= 0.6 is 0 Å². The molecule has 1 aromatic carbocycles. The van der Waals surface area contributed by atoms with E-state index in [2.05, 4.69) is 10.1 Å². The van der Waals surface area contributed by atoms with Gasteiger partial charge in [0.2, 0.25) is 10.0 Å². The zero-order valence-electron chi connectivity index (χ0n) is 15.5. The SMILES string of the molecule is O=S(=O)(c1ccc(OC(F)F)cc1)N1C2CCC1CC(NC[C@H]1C[C@H]1CO)C2. The van der Waals surface area contributed by atoms with E-state index in [0.717, 1.165) is 38.6 Å². The Labute approximate surface area is 163 Å². The number of hydrogen-bond donors (Lipinski definition) is 2. The average molecular weight is 416 g/mol. The highest BCUT2D eigenvalue weighted by molar-refractivity contribution is 7.89. The Hall–Kier alpha value is -1.29. The third-order valence-electron chi connectivity index (χ3n) is 6.26. The van der Waals surface area contributed by atoms with Gasteiger partial charge in [-0.05, 0) is 74.8 Å². The van der Waals surface area contributed by atoms with Crippen LogP contribution in [0.2, 0.25) is 0 Å². The highest BCUT2D eigenvalue weighted by atomic mass is 32.2. The van der Waals surface area contributed by atoms with Gasteiger partial charge < -0.3 is 15.2 Å². The minimum absolute atomic E-state index is 0.0360. The molecule has 3 aliphatic rings. The Kier molecular flexibility index (Phi) is 5.61. The molecule has 4 atom stereocenters. The molecule has 0 aromatic heterocycles. The number of alkyl halides is 2. The molecule has 4 rings (SSSR count). The Morgan fingerprint density at radius 1 is 1.11 bits per heavy atom. The fraction of sp³-hybridized carbons (Fsp3) is 0.684. The normalized spacial score (nSPS) is 32.6. The second-order valence-corrected chi connectivity index (χ2v) is 9.93. The number of ether oxygens (including phenoxy) is 1. The topological polar surface area (TPSA) is 78.9 Å². The molecule has 9 heteroatoms. The van der Waals surface area contributed by atoms with Crippen LogP contribution in [-0.2, 0) is 10.0 Å². The predicted molar refractivity (Wildman–Crippen MR) is 98.6 cm³/mol. The van der Waals surface area contributed by atoms with Gasteiger partial charge in [0.25, 0.3) is 0 Å². The fourth-order valence-electron chi connectivity index (χ4n) is 4.71. The molecule has 2 bridgehead atoms. The van der Waals surface area contributed by atoms with Crippen LogP contribution in [0.15, 0.2) is 29.2 Å². The summed E-state index contributed by atoms with van der Waals surface area (Å²) >= 11 is 0. The standard InChI is InChI=1S/C19H26F2N2O4S/c20-19(21)27-17-3-5-18(6-4-17)28(25,26)23-15-1-2-16(23)9-14(8-15)22-10-12-7-13(12)11-24/h3-6,12-16,19,22,24H,1-2,7-11H2/t12-,13+,14?,15?,16?/m1/s1. The van der Waals surface area contributed by atoms with E-state index in [-0.39, 0.29) is 29.3 Å². The quantitative estimate of drug-likeness (QED) is 0.679. The van der Waals surface area contributed by atoms with Crippen LogP contribution in [-0.4, -0.2) is 55.7 Å². The van der Waals surface area contributed by atoms with Crippen molar-refractivity contribution in [3.05, 3.63) is 24.3 Å². The number of benzene rings is 1. The first-order valence-electron chi connectivity index (χ1n) is 9.81. The minimum atomic E-state index is -3.67. The molecule has 0 spiro atoms. The van der Waals surface area contributed by atoms with Crippen molar-refractivity contribution >= 4 is 10.0 Å². The minimum Gasteiger partial charge on any atom is -0.435 e. The van der Waals surface area contributed by atoms with E-state index in [1.165, 1.54) is 24.3 Å². The van der Waals surface area contributed by atoms with Crippen LogP contribution < -0.4 is 10.1 Å². The number of hydrogen-bond acceptors (Lipinski definition) is 5. The number of aliphatic hydroxyl groups is 1. The van der Waals surface area contributed by atoms with Crippen molar-refractivity contribution in [3.63, 3.8) is 0 Å². The number of sulfonamides is 1. The summed E-state index contributed by atoms with van der Waals surface area (Å²) in [7, 11) is -3.67. The largest absolute Gasteiger partial charge is 0.435 e. The van der Waals surface area contributed by atoms with Crippen LogP contribution in [0.3, 0.4) is 0 Å². The molecule has 2 saturated heterocycles. The summed E-state index contributed by atoms with van der Waals surface area (Å²) in [5, 5.41) is 12.7. The average Bonchev–Trinajstić information content (AvgIpc) is 3.36. The number of nitrogens with one attached hydrogen (secondary N) is 1. The molecule has 2 aliphatic heterocycles. The number of aliphatic hydroxyl groups excluding tert-OH is 1. The molecule has 2 unspecified atom stereocenters. The molecular weight excluding hydrogens is 390 g/mol. The second kappa shape index (κ2) is 7.85. The molecule has 0 amide bonds. The van der Waals surface area contributed by atoms with Gasteiger partial charge >= 0.3 is 6.61 Å². The molecule has 6 nitrogen and oxygen atoms in total. The van der Waals surface area contributed by atoms with Gasteiger partial charge in [-0.25, -0.2) is 8.42 Å². The lowest BCUT2D eigenvalue weighted by molar-refractivity contribution is -0.0498. The van der Waals surface area contributed by atoms with Crippen molar-refractivity contribution in [3.8, 4) is 5.75 Å². The van der Waals surface area contributed by atoms with Gasteiger partial charge in [-0.1, -0.05) is 0 Å². The van der Waals surface area contributed by atoms with Gasteiger partial charge in [0, 0.05) is 24.7 Å². The summed E-state index contributed by atoms with van der Waals surface area (Å²) in [5.41, 5.74) is 0. The maximum atomic E-state index is 13.1. The lowest BCUT2D eigenvalue weighted by atomic mass is 9.99. The molecular formula is C19H26F2N2O4S. The Morgan fingerprint density at radius 3 is 2.29 bits per heavy atom. The van der Waals surface area contributed by atoms with Gasteiger partial charge in [0.1, 0.15) is 5.75 Å². The van der Waals surface area contributed by atoms with E-state index in [1.807, 2.05) is 0 Å². The highest BCUT2D eigenvalue weighted by Gasteiger charge is 2.47. The van der Waals surface area contributed by atoms with Crippen molar-refractivity contribution in [1.29, 1.82) is 0 Å². The van der Waals surface area contributed by atoms with E-state index in [0.29, 0.717) is 17.9 Å². The van der Waals surface area contributed by atoms with E-state index in [4.69, 9.17) is 5.11 Å². The van der Waals surface area contributed by atoms with Crippen molar-refractivity contribution < 1.29 is 27.0 Å². The van der Waals surface area contributed by atoms with Crippen molar-refractivity contribution in [2.24, 2.45) is 11.8 Å². The molecule has 156 valence electrons. The van der Waals surface area contributed by atoms with Gasteiger partial charge in [0.15, 0.2) is 0 Å². The third kappa shape index (κ3) is 4.03. The molecule has 0 radical (unpaired) electrons. The third-order valence-corrected chi connectivity index (χ3v) is 8.28. The van der Waals surface area contributed by atoms with Crippen molar-refractivity contribution in [1.82, 2.24) is 9.62 Å². The van der Waals surface area contributed by atoms with Gasteiger partial charge in [0.05, 0.1) is 4.90 Å². The zero-order valence-corrected chi connectivity index (χ0v) is 16.3. The fourth-order valence-corrected chi connectivity index (χ4v) is 6.60. The first-order valence-corrected chi connectivity index (χ1v) is 11.2. The molecule has 1 saturated carbocycles. The van der Waals surface area contributed by atoms with Crippen LogP contribution in [0, 0.1) is 11.8 Å². The van der Waals surface area contributed by atoms with Gasteiger partial charge in [-0.3, -0.25) is 0 Å². The Bertz CT molecular complexity index is 776. The Morgan fingerprint density at radius 2 is 1.75 bits per heavy atom. The lowest BCUT2D eigenvalue weighted by Gasteiger charge is -2.38. The van der Waals surface area contributed by atoms with Crippen molar-refractivity contribution in [2.75, 3.05) is 13.2 Å². The highest BCUT2D eigenvalue weighted by Crippen LogP contribution is 2.41. The summed E-state index contributed by atoms with van der Waals surface area (Å²) in [6.45, 7) is -1.81.